The molecule has 0 aromatic heterocycles. The first kappa shape index (κ1) is 23.8. The molecule has 7 heteroatoms. The number of nitriles is 1. The van der Waals surface area contributed by atoms with Crippen LogP contribution in [0, 0.1) is 17.2 Å². The van der Waals surface area contributed by atoms with Gasteiger partial charge in [0.25, 0.3) is 0 Å². The maximum absolute atomic E-state index is 13.3. The Morgan fingerprint density at radius 2 is 1.70 bits per heavy atom. The minimum atomic E-state index is -1.11. The Bertz CT molecular complexity index is 1160. The number of halogens is 1. The lowest BCUT2D eigenvalue weighted by atomic mass is 9.81. The van der Waals surface area contributed by atoms with Crippen LogP contribution in [0.15, 0.2) is 72.8 Å². The first-order valence-corrected chi connectivity index (χ1v) is 10.6. The van der Waals surface area contributed by atoms with E-state index in [0.29, 0.717) is 33.3 Å². The predicted octanol–water partition coefficient (Wildman–Crippen LogP) is 5.49. The molecule has 2 atom stereocenters. The molecule has 0 aliphatic heterocycles. The zero-order valence-corrected chi connectivity index (χ0v) is 19.0. The molecule has 0 aliphatic carbocycles. The number of hydrogen-bond donors (Lipinski definition) is 1. The van der Waals surface area contributed by atoms with Crippen LogP contribution < -0.4 is 14.8 Å². The van der Waals surface area contributed by atoms with Crippen LogP contribution in [0.4, 0.5) is 5.69 Å². The van der Waals surface area contributed by atoms with Gasteiger partial charge in [0, 0.05) is 29.1 Å². The van der Waals surface area contributed by atoms with E-state index in [1.54, 1.807) is 66.7 Å². The van der Waals surface area contributed by atoms with E-state index >= 15 is 0 Å². The van der Waals surface area contributed by atoms with Crippen LogP contribution >= 0.6 is 11.6 Å². The fourth-order valence-corrected chi connectivity index (χ4v) is 3.68. The van der Waals surface area contributed by atoms with Crippen LogP contribution in [0.5, 0.6) is 11.5 Å². The molecule has 0 aliphatic rings. The molecule has 33 heavy (non-hydrogen) atoms. The molecular formula is C26H23ClN2O4. The second kappa shape index (κ2) is 11.2. The van der Waals surface area contributed by atoms with Crippen LogP contribution in [0.3, 0.4) is 0 Å². The largest absolute Gasteiger partial charge is 0.497 e. The highest BCUT2D eigenvalue weighted by atomic mass is 35.5. The molecule has 1 N–H and O–H groups in total. The number of anilines is 1. The Morgan fingerprint density at radius 3 is 2.30 bits per heavy atom. The smallest absolute Gasteiger partial charge is 0.242 e. The van der Waals surface area contributed by atoms with Crippen molar-refractivity contribution in [3.05, 3.63) is 88.9 Å². The average Bonchev–Trinajstić information content (AvgIpc) is 2.84. The minimum Gasteiger partial charge on any atom is -0.497 e. The summed E-state index contributed by atoms with van der Waals surface area (Å²) in [4.78, 5) is 26.3. The van der Waals surface area contributed by atoms with Crippen LogP contribution in [-0.2, 0) is 4.79 Å². The van der Waals surface area contributed by atoms with Gasteiger partial charge < -0.3 is 14.8 Å². The van der Waals surface area contributed by atoms with E-state index in [9.17, 15) is 14.9 Å². The van der Waals surface area contributed by atoms with Gasteiger partial charge in [0.1, 0.15) is 17.4 Å². The Hall–Kier alpha value is -3.82. The van der Waals surface area contributed by atoms with Gasteiger partial charge in [-0.3, -0.25) is 9.59 Å². The molecule has 0 saturated heterocycles. The van der Waals surface area contributed by atoms with E-state index in [-0.39, 0.29) is 12.2 Å². The molecule has 0 heterocycles. The SMILES string of the molecule is COc1ccc(C(=O)CC(c2ccc(Cl)cc2)C(C#N)C(=O)Nc2ccccc2)c(OC)c1. The molecule has 3 aromatic rings. The lowest BCUT2D eigenvalue weighted by Gasteiger charge is -2.22. The van der Waals surface area contributed by atoms with E-state index in [0.717, 1.165) is 0 Å². The molecule has 6 nitrogen and oxygen atoms in total. The summed E-state index contributed by atoms with van der Waals surface area (Å²) in [6, 6.07) is 22.7. The first-order chi connectivity index (χ1) is 16.0. The zero-order chi connectivity index (χ0) is 23.8. The van der Waals surface area contributed by atoms with Gasteiger partial charge in [0.2, 0.25) is 5.91 Å². The van der Waals surface area contributed by atoms with Crippen molar-refractivity contribution >= 4 is 29.0 Å². The van der Waals surface area contributed by atoms with Gasteiger partial charge in [-0.05, 0) is 42.0 Å². The first-order valence-electron chi connectivity index (χ1n) is 10.2. The van der Waals surface area contributed by atoms with E-state index in [1.807, 2.05) is 6.07 Å². The Balaban J connectivity index is 1.94. The van der Waals surface area contributed by atoms with E-state index < -0.39 is 17.7 Å². The molecule has 0 saturated carbocycles. The number of hydrogen-bond acceptors (Lipinski definition) is 5. The van der Waals surface area contributed by atoms with Crippen molar-refractivity contribution in [3.8, 4) is 17.6 Å². The molecule has 3 aromatic carbocycles. The predicted molar refractivity (Wildman–Crippen MR) is 127 cm³/mol. The van der Waals surface area contributed by atoms with Crippen molar-refractivity contribution in [1.82, 2.24) is 0 Å². The minimum absolute atomic E-state index is 0.0786. The Labute approximate surface area is 197 Å². The average molecular weight is 463 g/mol. The second-order valence-corrected chi connectivity index (χ2v) is 7.75. The van der Waals surface area contributed by atoms with Crippen molar-refractivity contribution in [2.45, 2.75) is 12.3 Å². The number of methoxy groups -OCH3 is 2. The van der Waals surface area contributed by atoms with Gasteiger partial charge in [-0.1, -0.05) is 41.9 Å². The zero-order valence-electron chi connectivity index (χ0n) is 18.2. The van der Waals surface area contributed by atoms with Crippen LogP contribution in [0.1, 0.15) is 28.3 Å². The summed E-state index contributed by atoms with van der Waals surface area (Å²) >= 11 is 6.03. The van der Waals surface area contributed by atoms with Crippen molar-refractivity contribution in [2.24, 2.45) is 5.92 Å². The molecule has 0 bridgehead atoms. The quantitative estimate of drug-likeness (QED) is 0.424. The fourth-order valence-electron chi connectivity index (χ4n) is 3.55. The van der Waals surface area contributed by atoms with Crippen molar-refractivity contribution in [2.75, 3.05) is 19.5 Å². The summed E-state index contributed by atoms with van der Waals surface area (Å²) in [5.74, 6) is -1.65. The number of carbonyl (C=O) groups is 2. The molecule has 168 valence electrons. The monoisotopic (exact) mass is 462 g/mol. The third-order valence-corrected chi connectivity index (χ3v) is 5.53. The highest BCUT2D eigenvalue weighted by Crippen LogP contribution is 2.34. The van der Waals surface area contributed by atoms with E-state index in [4.69, 9.17) is 21.1 Å². The van der Waals surface area contributed by atoms with Crippen LogP contribution in [0.2, 0.25) is 5.02 Å². The number of amides is 1. The van der Waals surface area contributed by atoms with E-state index in [2.05, 4.69) is 11.4 Å². The number of ether oxygens (including phenoxy) is 2. The van der Waals surface area contributed by atoms with Crippen molar-refractivity contribution < 1.29 is 19.1 Å². The van der Waals surface area contributed by atoms with Gasteiger partial charge in [0.15, 0.2) is 5.78 Å². The summed E-state index contributed by atoms with van der Waals surface area (Å²) in [6.45, 7) is 0. The number of nitrogens with one attached hydrogen (secondary N) is 1. The summed E-state index contributed by atoms with van der Waals surface area (Å²) < 4.78 is 10.6. The second-order valence-electron chi connectivity index (χ2n) is 7.31. The van der Waals surface area contributed by atoms with Gasteiger partial charge in [-0.15, -0.1) is 0 Å². The standard InChI is InChI=1S/C26H23ClN2O4/c1-32-20-12-13-21(25(14-20)33-2)24(30)15-22(17-8-10-18(27)11-9-17)23(16-28)26(31)29-19-6-4-3-5-7-19/h3-14,22-23H,15H2,1-2H3,(H,29,31). The van der Waals surface area contributed by atoms with Crippen LogP contribution in [-0.4, -0.2) is 25.9 Å². The molecule has 2 unspecified atom stereocenters. The lowest BCUT2D eigenvalue weighted by Crippen LogP contribution is -2.28. The molecular weight excluding hydrogens is 440 g/mol. The van der Waals surface area contributed by atoms with Crippen LogP contribution in [0.25, 0.3) is 0 Å². The highest BCUT2D eigenvalue weighted by molar-refractivity contribution is 6.30. The Morgan fingerprint density at radius 1 is 1.00 bits per heavy atom. The third kappa shape index (κ3) is 5.91. The normalized spacial score (nSPS) is 12.2. The maximum atomic E-state index is 13.3. The highest BCUT2D eigenvalue weighted by Gasteiger charge is 2.32. The number of carbonyl (C=O) groups excluding carboxylic acids is 2. The van der Waals surface area contributed by atoms with Gasteiger partial charge in [-0.2, -0.15) is 5.26 Å². The summed E-state index contributed by atoms with van der Waals surface area (Å²) in [5, 5.41) is 13.2. The molecule has 0 spiro atoms. The molecule has 3 rings (SSSR count). The summed E-state index contributed by atoms with van der Waals surface area (Å²) in [6.07, 6.45) is -0.0786. The number of nitrogens with zero attached hydrogens (tertiary/aromatic N) is 1. The van der Waals surface area contributed by atoms with Gasteiger partial charge in [0.05, 0.1) is 25.9 Å². The number of ketones is 1. The topological polar surface area (TPSA) is 88.4 Å². The number of para-hydroxylation sites is 1. The number of benzene rings is 3. The van der Waals surface area contributed by atoms with Gasteiger partial charge in [-0.25, -0.2) is 0 Å². The molecule has 0 radical (unpaired) electrons. The lowest BCUT2D eigenvalue weighted by molar-refractivity contribution is -0.118. The molecule has 0 fully saturated rings. The summed E-state index contributed by atoms with van der Waals surface area (Å²) in [5.41, 5.74) is 1.58. The van der Waals surface area contributed by atoms with E-state index in [1.165, 1.54) is 14.2 Å². The molecule has 1 amide bonds. The Kier molecular flexibility index (Phi) is 8.06. The maximum Gasteiger partial charge on any atom is 0.242 e. The summed E-state index contributed by atoms with van der Waals surface area (Å²) in [7, 11) is 2.99. The third-order valence-electron chi connectivity index (χ3n) is 5.28. The van der Waals surface area contributed by atoms with Crippen molar-refractivity contribution in [3.63, 3.8) is 0 Å². The van der Waals surface area contributed by atoms with Gasteiger partial charge >= 0.3 is 0 Å². The van der Waals surface area contributed by atoms with Crippen molar-refractivity contribution in [1.29, 1.82) is 5.26 Å². The fraction of sp³-hybridized carbons (Fsp3) is 0.192. The number of Topliss-reactive ketones (excluding diaryl/α,β-unsaturated/α-hetero) is 1. The number of rotatable bonds is 9.